The maximum absolute atomic E-state index is 13.5. The van der Waals surface area contributed by atoms with Gasteiger partial charge in [-0.25, -0.2) is 4.39 Å². The predicted molar refractivity (Wildman–Crippen MR) is 108 cm³/mol. The van der Waals surface area contributed by atoms with E-state index in [0.29, 0.717) is 26.3 Å². The number of fused-ring (bicyclic) bond motifs is 1. The largest absolute Gasteiger partial charge is 0.494 e. The minimum Gasteiger partial charge on any atom is -0.494 e. The number of halogens is 1. The second-order valence-corrected chi connectivity index (χ2v) is 6.58. The van der Waals surface area contributed by atoms with Crippen molar-refractivity contribution in [2.75, 3.05) is 56.2 Å². The maximum atomic E-state index is 13.5. The van der Waals surface area contributed by atoms with Crippen LogP contribution in [0.2, 0.25) is 0 Å². The van der Waals surface area contributed by atoms with E-state index in [4.69, 9.17) is 9.47 Å². The summed E-state index contributed by atoms with van der Waals surface area (Å²) in [6, 6.07) is 12.0. The van der Waals surface area contributed by atoms with Crippen LogP contribution in [0, 0.1) is 5.82 Å². The number of likely N-dealkylation sites (N-methyl/N-ethyl adjacent to an activating group) is 1. The van der Waals surface area contributed by atoms with E-state index in [2.05, 4.69) is 5.32 Å². The summed E-state index contributed by atoms with van der Waals surface area (Å²) in [6.45, 7) is 5.04. The smallest absolute Gasteiger partial charge is 0.239 e. The zero-order valence-corrected chi connectivity index (χ0v) is 16.3. The molecule has 0 atom stereocenters. The second-order valence-electron chi connectivity index (χ2n) is 6.58. The van der Waals surface area contributed by atoms with Gasteiger partial charge < -0.3 is 24.6 Å². The fourth-order valence-corrected chi connectivity index (χ4v) is 3.13. The van der Waals surface area contributed by atoms with Gasteiger partial charge in [0.05, 0.1) is 31.1 Å². The summed E-state index contributed by atoms with van der Waals surface area (Å²) in [6.07, 6.45) is 0. The van der Waals surface area contributed by atoms with E-state index in [1.165, 1.54) is 12.1 Å². The fourth-order valence-electron chi connectivity index (χ4n) is 3.13. The molecule has 7 heteroatoms. The number of ether oxygens (including phenoxy) is 2. The van der Waals surface area contributed by atoms with Crippen LogP contribution in [-0.2, 0) is 4.79 Å². The number of amides is 1. The number of benzene rings is 2. The molecule has 0 bridgehead atoms. The molecule has 2 aromatic rings. The first kappa shape index (κ1) is 19.8. The molecule has 1 heterocycles. The molecule has 0 spiro atoms. The lowest BCUT2D eigenvalue weighted by Gasteiger charge is -2.36. The average molecular weight is 387 g/mol. The van der Waals surface area contributed by atoms with Gasteiger partial charge >= 0.3 is 0 Å². The quantitative estimate of drug-likeness (QED) is 0.706. The van der Waals surface area contributed by atoms with Crippen molar-refractivity contribution >= 4 is 17.3 Å². The van der Waals surface area contributed by atoms with Crippen LogP contribution >= 0.6 is 0 Å². The fraction of sp³-hybridized carbons (Fsp3) is 0.381. The van der Waals surface area contributed by atoms with Gasteiger partial charge in [0.15, 0.2) is 0 Å². The Labute approximate surface area is 164 Å². The monoisotopic (exact) mass is 387 g/mol. The number of hydrogen-bond donors (Lipinski definition) is 1. The molecule has 1 N–H and O–H groups in total. The van der Waals surface area contributed by atoms with E-state index in [9.17, 15) is 9.18 Å². The lowest BCUT2D eigenvalue weighted by molar-refractivity contribution is -0.119. The van der Waals surface area contributed by atoms with E-state index < -0.39 is 0 Å². The van der Waals surface area contributed by atoms with Crippen molar-refractivity contribution in [3.8, 4) is 11.5 Å². The first-order valence-corrected chi connectivity index (χ1v) is 9.45. The van der Waals surface area contributed by atoms with Crippen LogP contribution in [0.25, 0.3) is 0 Å². The Hall–Kier alpha value is -2.96. The molecule has 150 valence electrons. The number of carbonyl (C=O) groups is 1. The Bertz CT molecular complexity index is 798. The molecule has 0 saturated heterocycles. The highest BCUT2D eigenvalue weighted by Crippen LogP contribution is 2.32. The van der Waals surface area contributed by atoms with E-state index in [0.717, 1.165) is 29.4 Å². The lowest BCUT2D eigenvalue weighted by atomic mass is 10.1. The summed E-state index contributed by atoms with van der Waals surface area (Å²) >= 11 is 0. The molecule has 2 aromatic carbocycles. The van der Waals surface area contributed by atoms with Crippen molar-refractivity contribution in [2.24, 2.45) is 0 Å². The van der Waals surface area contributed by atoms with E-state index in [-0.39, 0.29) is 18.3 Å². The van der Waals surface area contributed by atoms with Crippen LogP contribution in [0.4, 0.5) is 15.8 Å². The number of rotatable bonds is 8. The normalized spacial score (nSPS) is 13.1. The van der Waals surface area contributed by atoms with Gasteiger partial charge in [0.25, 0.3) is 0 Å². The van der Waals surface area contributed by atoms with Gasteiger partial charge in [0.2, 0.25) is 5.91 Å². The van der Waals surface area contributed by atoms with E-state index >= 15 is 0 Å². The van der Waals surface area contributed by atoms with Crippen molar-refractivity contribution in [2.45, 2.75) is 6.92 Å². The molecular formula is C21H26FN3O3. The highest BCUT2D eigenvalue weighted by molar-refractivity contribution is 5.84. The van der Waals surface area contributed by atoms with Gasteiger partial charge in [-0.3, -0.25) is 4.79 Å². The summed E-state index contributed by atoms with van der Waals surface area (Å²) in [4.78, 5) is 16.3. The van der Waals surface area contributed by atoms with Gasteiger partial charge in [0.1, 0.15) is 23.9 Å². The van der Waals surface area contributed by atoms with Crippen LogP contribution in [0.5, 0.6) is 11.5 Å². The summed E-state index contributed by atoms with van der Waals surface area (Å²) < 4.78 is 24.5. The lowest BCUT2D eigenvalue weighted by Crippen LogP contribution is -2.45. The average Bonchev–Trinajstić information content (AvgIpc) is 2.69. The van der Waals surface area contributed by atoms with Crippen molar-refractivity contribution in [1.82, 2.24) is 5.32 Å². The number of hydrogen-bond acceptors (Lipinski definition) is 5. The van der Waals surface area contributed by atoms with Crippen molar-refractivity contribution in [1.29, 1.82) is 0 Å². The molecule has 3 rings (SSSR count). The standard InChI is InChI=1S/C21H26FN3O3/c1-3-27-17-5-7-18(8-6-17)28-13-10-23-21(26)15-25-12-11-24(2)20-14-16(22)4-9-19(20)25/h4-9,14H,3,10-13,15H2,1-2H3,(H,23,26). The number of nitrogens with zero attached hydrogens (tertiary/aromatic N) is 2. The summed E-state index contributed by atoms with van der Waals surface area (Å²) in [7, 11) is 1.92. The van der Waals surface area contributed by atoms with Crippen molar-refractivity contribution in [3.63, 3.8) is 0 Å². The maximum Gasteiger partial charge on any atom is 0.239 e. The first-order chi connectivity index (χ1) is 13.6. The molecular weight excluding hydrogens is 361 g/mol. The van der Waals surface area contributed by atoms with E-state index in [1.807, 2.05) is 48.0 Å². The van der Waals surface area contributed by atoms with Gasteiger partial charge in [0, 0.05) is 20.1 Å². The molecule has 1 aliphatic rings. The minimum absolute atomic E-state index is 0.0879. The Kier molecular flexibility index (Phi) is 6.57. The summed E-state index contributed by atoms with van der Waals surface area (Å²) in [5.41, 5.74) is 1.67. The van der Waals surface area contributed by atoms with Crippen molar-refractivity contribution in [3.05, 3.63) is 48.3 Å². The first-order valence-electron chi connectivity index (χ1n) is 9.45. The topological polar surface area (TPSA) is 54.0 Å². The number of nitrogens with one attached hydrogen (secondary N) is 1. The highest BCUT2D eigenvalue weighted by Gasteiger charge is 2.22. The number of carbonyl (C=O) groups excluding carboxylic acids is 1. The van der Waals surface area contributed by atoms with Crippen LogP contribution < -0.4 is 24.6 Å². The summed E-state index contributed by atoms with van der Waals surface area (Å²) in [5.74, 6) is 1.17. The summed E-state index contributed by atoms with van der Waals surface area (Å²) in [5, 5.41) is 2.87. The molecule has 1 amide bonds. The molecule has 0 aliphatic carbocycles. The third-order valence-corrected chi connectivity index (χ3v) is 4.56. The van der Waals surface area contributed by atoms with Gasteiger partial charge in [-0.1, -0.05) is 0 Å². The van der Waals surface area contributed by atoms with Gasteiger partial charge in [-0.05, 0) is 49.4 Å². The van der Waals surface area contributed by atoms with E-state index in [1.54, 1.807) is 6.07 Å². The Morgan fingerprint density at radius 2 is 1.79 bits per heavy atom. The molecule has 6 nitrogen and oxygen atoms in total. The molecule has 0 saturated carbocycles. The van der Waals surface area contributed by atoms with Gasteiger partial charge in [-0.15, -0.1) is 0 Å². The second kappa shape index (κ2) is 9.30. The Balaban J connectivity index is 1.44. The molecule has 28 heavy (non-hydrogen) atoms. The molecule has 0 radical (unpaired) electrons. The third-order valence-electron chi connectivity index (χ3n) is 4.56. The SMILES string of the molecule is CCOc1ccc(OCCNC(=O)CN2CCN(C)c3cc(F)ccc32)cc1. The Morgan fingerprint density at radius 1 is 1.07 bits per heavy atom. The van der Waals surface area contributed by atoms with Gasteiger partial charge in [-0.2, -0.15) is 0 Å². The molecule has 0 fully saturated rings. The Morgan fingerprint density at radius 3 is 2.50 bits per heavy atom. The third kappa shape index (κ3) is 5.06. The van der Waals surface area contributed by atoms with Crippen LogP contribution in [0.15, 0.2) is 42.5 Å². The molecule has 1 aliphatic heterocycles. The zero-order valence-electron chi connectivity index (χ0n) is 16.3. The zero-order chi connectivity index (χ0) is 19.9. The molecule has 0 aromatic heterocycles. The highest BCUT2D eigenvalue weighted by atomic mass is 19.1. The minimum atomic E-state index is -0.275. The van der Waals surface area contributed by atoms with Crippen LogP contribution in [0.3, 0.4) is 0 Å². The van der Waals surface area contributed by atoms with Crippen molar-refractivity contribution < 1.29 is 18.7 Å². The predicted octanol–water partition coefficient (Wildman–Crippen LogP) is 2.68. The van der Waals surface area contributed by atoms with Crippen LogP contribution in [-0.4, -0.2) is 52.3 Å². The number of anilines is 2. The van der Waals surface area contributed by atoms with Crippen LogP contribution in [0.1, 0.15) is 6.92 Å². The molecule has 0 unspecified atom stereocenters.